The van der Waals surface area contributed by atoms with Gasteiger partial charge in [-0.15, -0.1) is 0 Å². The van der Waals surface area contributed by atoms with Gasteiger partial charge in [-0.3, -0.25) is 0 Å². The van der Waals surface area contributed by atoms with E-state index >= 15 is 0 Å². The molecule has 2 N–H and O–H groups in total. The highest BCUT2D eigenvalue weighted by Gasteiger charge is 2.19. The van der Waals surface area contributed by atoms with E-state index in [2.05, 4.69) is 41.4 Å². The van der Waals surface area contributed by atoms with E-state index in [1.165, 1.54) is 11.3 Å². The van der Waals surface area contributed by atoms with Crippen LogP contribution in [-0.2, 0) is 11.3 Å². The molecule has 1 unspecified atom stereocenters. The van der Waals surface area contributed by atoms with Crippen molar-refractivity contribution in [3.63, 3.8) is 0 Å². The molecule has 1 aliphatic rings. The number of nitrogens with one attached hydrogen (secondary N) is 1. The average Bonchev–Trinajstić information content (AvgIpc) is 2.48. The number of hydrogen-bond acceptors (Lipinski definition) is 4. The summed E-state index contributed by atoms with van der Waals surface area (Å²) in [6.45, 7) is 6.60. The Hall–Kier alpha value is -1.10. The highest BCUT2D eigenvalue weighted by Crippen LogP contribution is 2.18. The van der Waals surface area contributed by atoms with E-state index in [0.717, 1.165) is 32.6 Å². The van der Waals surface area contributed by atoms with Gasteiger partial charge in [0.1, 0.15) is 0 Å². The van der Waals surface area contributed by atoms with Crippen LogP contribution < -0.4 is 10.2 Å². The lowest BCUT2D eigenvalue weighted by molar-refractivity contribution is 0.00357. The molecule has 0 amide bonds. The third-order valence-corrected chi connectivity index (χ3v) is 3.40. The minimum absolute atomic E-state index is 0.0559. The number of morpholine rings is 1. The Morgan fingerprint density at radius 3 is 2.84 bits per heavy atom. The maximum Gasteiger partial charge on any atom is 0.0980 e. The second kappa shape index (κ2) is 7.48. The van der Waals surface area contributed by atoms with Crippen molar-refractivity contribution >= 4 is 5.69 Å². The fraction of sp³-hybridized carbons (Fsp3) is 0.600. The highest BCUT2D eigenvalue weighted by atomic mass is 16.5. The number of ether oxygens (including phenoxy) is 1. The Bertz CT molecular complexity index is 367. The van der Waals surface area contributed by atoms with Gasteiger partial charge in [-0.1, -0.05) is 19.1 Å². The Labute approximate surface area is 115 Å². The maximum atomic E-state index is 9.16. The van der Waals surface area contributed by atoms with Gasteiger partial charge < -0.3 is 20.1 Å². The lowest BCUT2D eigenvalue weighted by Gasteiger charge is -2.33. The molecule has 0 aliphatic carbocycles. The zero-order chi connectivity index (χ0) is 13.5. The molecule has 1 aliphatic heterocycles. The first-order chi connectivity index (χ1) is 9.33. The summed E-state index contributed by atoms with van der Waals surface area (Å²) in [6, 6.07) is 8.65. The molecule has 1 saturated heterocycles. The molecular weight excluding hydrogens is 240 g/mol. The number of benzene rings is 1. The predicted octanol–water partition coefficient (Wildman–Crippen LogP) is 1.38. The minimum atomic E-state index is -0.0559. The summed E-state index contributed by atoms with van der Waals surface area (Å²) in [6.07, 6.45) is 1.11. The Morgan fingerprint density at radius 2 is 2.16 bits per heavy atom. The molecule has 0 radical (unpaired) electrons. The van der Waals surface area contributed by atoms with Crippen molar-refractivity contribution in [1.29, 1.82) is 0 Å². The second-order valence-corrected chi connectivity index (χ2v) is 4.96. The molecule has 1 aromatic carbocycles. The van der Waals surface area contributed by atoms with Crippen LogP contribution >= 0.6 is 0 Å². The van der Waals surface area contributed by atoms with Crippen LogP contribution in [0, 0.1) is 0 Å². The van der Waals surface area contributed by atoms with Gasteiger partial charge in [0, 0.05) is 25.3 Å². The zero-order valence-electron chi connectivity index (χ0n) is 11.6. The normalized spacial score (nSPS) is 19.7. The summed E-state index contributed by atoms with van der Waals surface area (Å²) in [5.74, 6) is 0. The molecule has 1 fully saturated rings. The van der Waals surface area contributed by atoms with Crippen LogP contribution in [0.25, 0.3) is 0 Å². The molecule has 0 saturated carbocycles. The van der Waals surface area contributed by atoms with Crippen molar-refractivity contribution in [3.8, 4) is 0 Å². The number of nitrogens with zero attached hydrogens (tertiary/aromatic N) is 1. The number of hydrogen-bond donors (Lipinski definition) is 2. The lowest BCUT2D eigenvalue weighted by Crippen LogP contribution is -2.44. The maximum absolute atomic E-state index is 9.16. The molecule has 1 aromatic rings. The highest BCUT2D eigenvalue weighted by molar-refractivity contribution is 5.48. The molecule has 19 heavy (non-hydrogen) atoms. The van der Waals surface area contributed by atoms with E-state index in [1.54, 1.807) is 0 Å². The van der Waals surface area contributed by atoms with E-state index in [0.29, 0.717) is 6.61 Å². The van der Waals surface area contributed by atoms with Crippen molar-refractivity contribution in [3.05, 3.63) is 29.8 Å². The first-order valence-electron chi connectivity index (χ1n) is 7.10. The first-order valence-corrected chi connectivity index (χ1v) is 7.10. The summed E-state index contributed by atoms with van der Waals surface area (Å²) >= 11 is 0. The standard InChI is InChI=1S/C15H24N2O2/c1-2-7-16-10-13-3-5-14(6-4-13)17-8-9-19-15(11-17)12-18/h3-6,15-16,18H,2,7-12H2,1H3. The Balaban J connectivity index is 1.90. The van der Waals surface area contributed by atoms with Crippen molar-refractivity contribution in [2.75, 3.05) is 37.7 Å². The molecule has 1 atom stereocenters. The van der Waals surface area contributed by atoms with Crippen LogP contribution in [0.4, 0.5) is 5.69 Å². The average molecular weight is 264 g/mol. The van der Waals surface area contributed by atoms with Crippen LogP contribution in [0.3, 0.4) is 0 Å². The van der Waals surface area contributed by atoms with Crippen molar-refractivity contribution < 1.29 is 9.84 Å². The fourth-order valence-corrected chi connectivity index (χ4v) is 2.30. The van der Waals surface area contributed by atoms with Crippen LogP contribution in [0.15, 0.2) is 24.3 Å². The summed E-state index contributed by atoms with van der Waals surface area (Å²) < 4.78 is 5.47. The Morgan fingerprint density at radius 1 is 1.37 bits per heavy atom. The van der Waals surface area contributed by atoms with Gasteiger partial charge in [0.25, 0.3) is 0 Å². The monoisotopic (exact) mass is 264 g/mol. The van der Waals surface area contributed by atoms with E-state index in [4.69, 9.17) is 9.84 Å². The van der Waals surface area contributed by atoms with Crippen molar-refractivity contribution in [1.82, 2.24) is 5.32 Å². The van der Waals surface area contributed by atoms with Gasteiger partial charge in [-0.25, -0.2) is 0 Å². The number of aliphatic hydroxyl groups is 1. The molecule has 0 bridgehead atoms. The summed E-state index contributed by atoms with van der Waals surface area (Å²) in [4.78, 5) is 2.27. The predicted molar refractivity (Wildman–Crippen MR) is 77.5 cm³/mol. The summed E-state index contributed by atoms with van der Waals surface area (Å²) in [5, 5.41) is 12.6. The third kappa shape index (κ3) is 4.20. The van der Waals surface area contributed by atoms with Gasteiger partial charge in [0.15, 0.2) is 0 Å². The molecule has 0 spiro atoms. The van der Waals surface area contributed by atoms with Crippen LogP contribution in [-0.4, -0.2) is 44.1 Å². The van der Waals surface area contributed by atoms with Crippen LogP contribution in [0.5, 0.6) is 0 Å². The SMILES string of the molecule is CCCNCc1ccc(N2CCOC(CO)C2)cc1. The fourth-order valence-electron chi connectivity index (χ4n) is 2.30. The van der Waals surface area contributed by atoms with Crippen molar-refractivity contribution in [2.45, 2.75) is 26.0 Å². The zero-order valence-corrected chi connectivity index (χ0v) is 11.6. The number of rotatable bonds is 6. The molecule has 1 heterocycles. The molecule has 2 rings (SSSR count). The van der Waals surface area contributed by atoms with Gasteiger partial charge in [-0.2, -0.15) is 0 Å². The largest absolute Gasteiger partial charge is 0.394 e. The Kier molecular flexibility index (Phi) is 5.63. The second-order valence-electron chi connectivity index (χ2n) is 4.96. The lowest BCUT2D eigenvalue weighted by atomic mass is 10.1. The van der Waals surface area contributed by atoms with E-state index in [1.807, 2.05) is 0 Å². The quantitative estimate of drug-likeness (QED) is 0.762. The molecule has 4 heteroatoms. The molecule has 0 aromatic heterocycles. The third-order valence-electron chi connectivity index (χ3n) is 3.40. The van der Waals surface area contributed by atoms with Gasteiger partial charge >= 0.3 is 0 Å². The minimum Gasteiger partial charge on any atom is -0.394 e. The van der Waals surface area contributed by atoms with E-state index in [9.17, 15) is 0 Å². The molecule has 106 valence electrons. The van der Waals surface area contributed by atoms with E-state index in [-0.39, 0.29) is 12.7 Å². The van der Waals surface area contributed by atoms with Gasteiger partial charge in [0.2, 0.25) is 0 Å². The van der Waals surface area contributed by atoms with E-state index < -0.39 is 0 Å². The summed E-state index contributed by atoms with van der Waals surface area (Å²) in [7, 11) is 0. The molecule has 4 nitrogen and oxygen atoms in total. The summed E-state index contributed by atoms with van der Waals surface area (Å²) in [5.41, 5.74) is 2.52. The van der Waals surface area contributed by atoms with Gasteiger partial charge in [0.05, 0.1) is 19.3 Å². The van der Waals surface area contributed by atoms with Gasteiger partial charge in [-0.05, 0) is 30.7 Å². The number of aliphatic hydroxyl groups excluding tert-OH is 1. The topological polar surface area (TPSA) is 44.7 Å². The van der Waals surface area contributed by atoms with Crippen molar-refractivity contribution in [2.24, 2.45) is 0 Å². The number of anilines is 1. The van der Waals surface area contributed by atoms with Crippen LogP contribution in [0.2, 0.25) is 0 Å². The molecular formula is C15H24N2O2. The van der Waals surface area contributed by atoms with Crippen LogP contribution in [0.1, 0.15) is 18.9 Å². The smallest absolute Gasteiger partial charge is 0.0980 e. The first kappa shape index (κ1) is 14.3.